The number of hydrogen-bond acceptors (Lipinski definition) is 2. The van der Waals surface area contributed by atoms with E-state index < -0.39 is 17.1 Å². The summed E-state index contributed by atoms with van der Waals surface area (Å²) in [4.78, 5) is 24.8. The molecule has 0 saturated heterocycles. The molecule has 2 aromatic rings. The number of nitrogens with one attached hydrogen (secondary N) is 2. The molecule has 0 bridgehead atoms. The second-order valence-electron chi connectivity index (χ2n) is 5.83. The molecule has 1 fully saturated rings. The lowest BCUT2D eigenvalue weighted by Gasteiger charge is -2.16. The minimum atomic E-state index is -1.10. The summed E-state index contributed by atoms with van der Waals surface area (Å²) in [5.41, 5.74) is -0.133. The van der Waals surface area contributed by atoms with Crippen molar-refractivity contribution >= 4 is 29.1 Å². The Morgan fingerprint density at radius 2 is 1.71 bits per heavy atom. The molecule has 124 valence electrons. The predicted molar refractivity (Wildman–Crippen MR) is 90.0 cm³/mol. The van der Waals surface area contributed by atoms with E-state index in [1.165, 1.54) is 18.2 Å². The molecule has 2 aromatic carbocycles. The van der Waals surface area contributed by atoms with Crippen molar-refractivity contribution in [3.05, 3.63) is 64.9 Å². The first-order chi connectivity index (χ1) is 11.5. The highest BCUT2D eigenvalue weighted by atomic mass is 35.5. The van der Waals surface area contributed by atoms with Crippen molar-refractivity contribution in [1.82, 2.24) is 5.32 Å². The molecular weight excluding hydrogens is 331 g/mol. The third-order valence-corrected chi connectivity index (χ3v) is 4.36. The summed E-state index contributed by atoms with van der Waals surface area (Å²) in [5.74, 6) is -1.34. The fourth-order valence-electron chi connectivity index (χ4n) is 2.44. The van der Waals surface area contributed by atoms with Crippen molar-refractivity contribution in [3.8, 4) is 0 Å². The molecule has 24 heavy (non-hydrogen) atoms. The number of halogens is 2. The Balaban J connectivity index is 1.62. The molecule has 0 aromatic heterocycles. The van der Waals surface area contributed by atoms with Crippen LogP contribution in [-0.2, 0) is 16.1 Å². The Hall–Kier alpha value is -2.40. The largest absolute Gasteiger partial charge is 0.351 e. The number of amides is 2. The Bertz CT molecular complexity index is 773. The Labute approximate surface area is 144 Å². The highest BCUT2D eigenvalue weighted by Crippen LogP contribution is 2.47. The number of hydrogen-bond donors (Lipinski definition) is 2. The predicted octanol–water partition coefficient (Wildman–Crippen LogP) is 3.51. The Morgan fingerprint density at radius 1 is 1.04 bits per heavy atom. The molecule has 0 unspecified atom stereocenters. The Morgan fingerprint density at radius 3 is 2.33 bits per heavy atom. The van der Waals surface area contributed by atoms with Gasteiger partial charge in [-0.25, -0.2) is 4.39 Å². The van der Waals surface area contributed by atoms with Crippen molar-refractivity contribution in [1.29, 1.82) is 0 Å². The van der Waals surface area contributed by atoms with Gasteiger partial charge in [0.25, 0.3) is 0 Å². The normalized spacial score (nSPS) is 14.8. The number of rotatable bonds is 5. The third kappa shape index (κ3) is 3.41. The van der Waals surface area contributed by atoms with E-state index in [2.05, 4.69) is 10.6 Å². The molecule has 6 heteroatoms. The summed E-state index contributed by atoms with van der Waals surface area (Å²) < 4.78 is 13.6. The van der Waals surface area contributed by atoms with Gasteiger partial charge in [0.15, 0.2) is 0 Å². The van der Waals surface area contributed by atoms with Crippen molar-refractivity contribution < 1.29 is 14.0 Å². The van der Waals surface area contributed by atoms with E-state index in [1.807, 2.05) is 12.1 Å². The summed E-state index contributed by atoms with van der Waals surface area (Å²) in [5, 5.41) is 5.89. The van der Waals surface area contributed by atoms with E-state index in [0.29, 0.717) is 24.4 Å². The summed E-state index contributed by atoms with van der Waals surface area (Å²) in [7, 11) is 0. The first-order valence-electron chi connectivity index (χ1n) is 7.60. The number of carbonyl (C=O) groups excluding carboxylic acids is 2. The topological polar surface area (TPSA) is 58.2 Å². The van der Waals surface area contributed by atoms with Gasteiger partial charge in [0.1, 0.15) is 11.2 Å². The summed E-state index contributed by atoms with van der Waals surface area (Å²) >= 11 is 5.82. The van der Waals surface area contributed by atoms with Gasteiger partial charge in [-0.2, -0.15) is 0 Å². The van der Waals surface area contributed by atoms with E-state index in [0.717, 1.165) is 5.56 Å². The molecule has 0 spiro atoms. The van der Waals surface area contributed by atoms with Gasteiger partial charge in [0, 0.05) is 11.6 Å². The lowest BCUT2D eigenvalue weighted by atomic mass is 10.0. The maximum Gasteiger partial charge on any atom is 0.240 e. The average molecular weight is 347 g/mol. The summed E-state index contributed by atoms with van der Waals surface area (Å²) in [6.45, 7) is 0.310. The van der Waals surface area contributed by atoms with Crippen LogP contribution in [0.1, 0.15) is 18.4 Å². The highest BCUT2D eigenvalue weighted by Gasteiger charge is 2.56. The molecule has 0 radical (unpaired) electrons. The first-order valence-corrected chi connectivity index (χ1v) is 7.98. The fourth-order valence-corrected chi connectivity index (χ4v) is 2.57. The van der Waals surface area contributed by atoms with Gasteiger partial charge in [0.2, 0.25) is 11.8 Å². The second-order valence-corrected chi connectivity index (χ2v) is 6.26. The van der Waals surface area contributed by atoms with Crippen LogP contribution in [0.15, 0.2) is 48.5 Å². The van der Waals surface area contributed by atoms with Gasteiger partial charge in [0.05, 0.1) is 5.69 Å². The van der Waals surface area contributed by atoms with Crippen LogP contribution < -0.4 is 10.6 Å². The van der Waals surface area contributed by atoms with Gasteiger partial charge in [-0.3, -0.25) is 9.59 Å². The third-order valence-electron chi connectivity index (χ3n) is 4.11. The maximum absolute atomic E-state index is 13.6. The van der Waals surface area contributed by atoms with Crippen LogP contribution in [0, 0.1) is 11.2 Å². The van der Waals surface area contributed by atoms with Crippen LogP contribution in [0.5, 0.6) is 0 Å². The molecule has 1 aliphatic carbocycles. The summed E-state index contributed by atoms with van der Waals surface area (Å²) in [6, 6.07) is 13.0. The molecule has 1 aliphatic rings. The monoisotopic (exact) mass is 346 g/mol. The zero-order valence-corrected chi connectivity index (χ0v) is 13.6. The van der Waals surface area contributed by atoms with Gasteiger partial charge >= 0.3 is 0 Å². The van der Waals surface area contributed by atoms with E-state index in [1.54, 1.807) is 18.2 Å². The van der Waals surface area contributed by atoms with Gasteiger partial charge in [-0.05, 0) is 42.7 Å². The molecule has 2 amide bonds. The van der Waals surface area contributed by atoms with Crippen molar-refractivity contribution in [2.24, 2.45) is 5.41 Å². The first kappa shape index (κ1) is 16.5. The number of carbonyl (C=O) groups is 2. The molecule has 3 rings (SSSR count). The molecule has 2 N–H and O–H groups in total. The van der Waals surface area contributed by atoms with Crippen molar-refractivity contribution in [3.63, 3.8) is 0 Å². The quantitative estimate of drug-likeness (QED) is 0.814. The van der Waals surface area contributed by atoms with E-state index in [9.17, 15) is 14.0 Å². The van der Waals surface area contributed by atoms with Crippen molar-refractivity contribution in [2.45, 2.75) is 19.4 Å². The van der Waals surface area contributed by atoms with Crippen LogP contribution >= 0.6 is 11.6 Å². The van der Waals surface area contributed by atoms with Gasteiger partial charge in [-0.15, -0.1) is 0 Å². The highest BCUT2D eigenvalue weighted by molar-refractivity contribution is 6.30. The van der Waals surface area contributed by atoms with Crippen molar-refractivity contribution in [2.75, 3.05) is 5.32 Å². The SMILES string of the molecule is O=C(NCc1ccc(Cl)cc1)C1(C(=O)Nc2ccccc2F)CC1. The Kier molecular flexibility index (Phi) is 4.53. The summed E-state index contributed by atoms with van der Waals surface area (Å²) in [6.07, 6.45) is 0.916. The lowest BCUT2D eigenvalue weighted by molar-refractivity contribution is -0.134. The second kappa shape index (κ2) is 6.61. The molecule has 0 aliphatic heterocycles. The molecule has 4 nitrogen and oxygen atoms in total. The van der Waals surface area contributed by atoms with Crippen LogP contribution in [0.3, 0.4) is 0 Å². The fraction of sp³-hybridized carbons (Fsp3) is 0.222. The zero-order valence-electron chi connectivity index (χ0n) is 12.8. The minimum Gasteiger partial charge on any atom is -0.351 e. The van der Waals surface area contributed by atoms with Crippen LogP contribution in [-0.4, -0.2) is 11.8 Å². The van der Waals surface area contributed by atoms with E-state index >= 15 is 0 Å². The van der Waals surface area contributed by atoms with Crippen LogP contribution in [0.25, 0.3) is 0 Å². The lowest BCUT2D eigenvalue weighted by Crippen LogP contribution is -2.39. The number of anilines is 1. The number of benzene rings is 2. The molecule has 0 heterocycles. The van der Waals surface area contributed by atoms with Crippen LogP contribution in [0.2, 0.25) is 5.02 Å². The van der Waals surface area contributed by atoms with Crippen LogP contribution in [0.4, 0.5) is 10.1 Å². The smallest absolute Gasteiger partial charge is 0.240 e. The van der Waals surface area contributed by atoms with E-state index in [-0.39, 0.29) is 11.6 Å². The molecular formula is C18H16ClFN2O2. The number of para-hydroxylation sites is 1. The minimum absolute atomic E-state index is 0.0827. The molecule has 0 atom stereocenters. The molecule has 1 saturated carbocycles. The average Bonchev–Trinajstić information content (AvgIpc) is 3.38. The maximum atomic E-state index is 13.6. The zero-order chi connectivity index (χ0) is 17.2. The van der Waals surface area contributed by atoms with Gasteiger partial charge in [-0.1, -0.05) is 35.9 Å². The van der Waals surface area contributed by atoms with E-state index in [4.69, 9.17) is 11.6 Å². The standard InChI is InChI=1S/C18H16ClFN2O2/c19-13-7-5-12(6-8-13)11-21-16(23)18(9-10-18)17(24)22-15-4-2-1-3-14(15)20/h1-8H,9-11H2,(H,21,23)(H,22,24). The van der Waals surface area contributed by atoms with Gasteiger partial charge < -0.3 is 10.6 Å².